The Bertz CT molecular complexity index is 1910. The van der Waals surface area contributed by atoms with Crippen LogP contribution in [-0.4, -0.2) is 167 Å². The second-order valence-electron chi connectivity index (χ2n) is 19.0. The normalized spacial score (nSPS) is 15.3. The molecule has 20 N–H and O–H groups in total. The number of aliphatic hydroxyl groups is 2. The highest BCUT2D eigenvalue weighted by Crippen LogP contribution is 2.12. The Morgan fingerprint density at radius 1 is 0.548 bits per heavy atom. The number of carbonyl (C=O) groups is 11. The van der Waals surface area contributed by atoms with Gasteiger partial charge in [0.2, 0.25) is 59.1 Å². The number of hydrogen-bond acceptors (Lipinski definition) is 15. The van der Waals surface area contributed by atoms with Crippen LogP contribution in [-0.2, 0) is 52.7 Å². The Hall–Kier alpha value is -6.68. The Labute approximate surface area is 425 Å². The molecule has 28 nitrogen and oxygen atoms in total. The summed E-state index contributed by atoms with van der Waals surface area (Å²) in [7, 11) is 0. The van der Waals surface area contributed by atoms with Crippen molar-refractivity contribution in [2.45, 2.75) is 162 Å². The molecule has 73 heavy (non-hydrogen) atoms. The molecule has 10 amide bonds. The van der Waals surface area contributed by atoms with E-state index >= 15 is 0 Å². The maximum absolute atomic E-state index is 13.7. The van der Waals surface area contributed by atoms with Gasteiger partial charge in [0.1, 0.15) is 48.3 Å². The Morgan fingerprint density at radius 2 is 1.01 bits per heavy atom. The summed E-state index contributed by atoms with van der Waals surface area (Å²) in [6.07, 6.45) is -1.70. The van der Waals surface area contributed by atoms with Crippen molar-refractivity contribution in [2.75, 3.05) is 26.2 Å². The number of aliphatic imine (C=N–C) groups is 1. The Balaban J connectivity index is 6.04. The van der Waals surface area contributed by atoms with Crippen LogP contribution in [0.1, 0.15) is 107 Å². The number of guanidine groups is 1. The number of nitrogens with one attached hydrogen (secondary N) is 9. The molecule has 0 spiro atoms. The maximum atomic E-state index is 13.7. The van der Waals surface area contributed by atoms with Crippen molar-refractivity contribution in [3.05, 3.63) is 0 Å². The zero-order valence-corrected chi connectivity index (χ0v) is 43.4. The summed E-state index contributed by atoms with van der Waals surface area (Å²) in [5, 5.41) is 51.3. The molecule has 0 fully saturated rings. The van der Waals surface area contributed by atoms with Crippen molar-refractivity contribution < 1.29 is 68.1 Å². The van der Waals surface area contributed by atoms with E-state index in [9.17, 15) is 68.1 Å². The van der Waals surface area contributed by atoms with E-state index in [2.05, 4.69) is 52.8 Å². The number of primary amides is 1. The number of carboxylic acid groups (broad SMARTS) is 1. The summed E-state index contributed by atoms with van der Waals surface area (Å²) in [5.74, 6) is -11.6. The fourth-order valence-electron chi connectivity index (χ4n) is 6.80. The molecule has 28 heteroatoms. The first-order valence-electron chi connectivity index (χ1n) is 24.2. The summed E-state index contributed by atoms with van der Waals surface area (Å²) in [4.78, 5) is 147. The quantitative estimate of drug-likeness (QED) is 0.0160. The van der Waals surface area contributed by atoms with Gasteiger partial charge < -0.3 is 86.1 Å². The van der Waals surface area contributed by atoms with Gasteiger partial charge >= 0.3 is 5.97 Å². The minimum Gasteiger partial charge on any atom is -0.480 e. The molecule has 0 aliphatic rings. The van der Waals surface area contributed by atoms with Gasteiger partial charge in [-0.1, -0.05) is 61.8 Å². The van der Waals surface area contributed by atoms with Crippen LogP contribution < -0.4 is 70.8 Å². The molecular formula is C45H82N14O14. The number of amides is 10. The van der Waals surface area contributed by atoms with E-state index in [1.54, 1.807) is 55.4 Å². The van der Waals surface area contributed by atoms with Gasteiger partial charge in [-0.15, -0.1) is 0 Å². The smallest absolute Gasteiger partial charge is 0.326 e. The van der Waals surface area contributed by atoms with Crippen LogP contribution in [0.25, 0.3) is 0 Å². The molecule has 10 atom stereocenters. The van der Waals surface area contributed by atoms with Gasteiger partial charge in [-0.05, 0) is 62.7 Å². The zero-order chi connectivity index (χ0) is 56.3. The lowest BCUT2D eigenvalue weighted by atomic mass is 9.97. The average Bonchev–Trinajstić information content (AvgIpc) is 3.30. The highest BCUT2D eigenvalue weighted by Gasteiger charge is 2.35. The van der Waals surface area contributed by atoms with Crippen LogP contribution in [0.5, 0.6) is 0 Å². The molecular weight excluding hydrogens is 961 g/mol. The molecule has 0 aliphatic carbocycles. The second kappa shape index (κ2) is 33.9. The molecule has 0 saturated carbocycles. The van der Waals surface area contributed by atoms with Gasteiger partial charge in [-0.3, -0.25) is 52.9 Å². The van der Waals surface area contributed by atoms with Gasteiger partial charge in [0.15, 0.2) is 5.96 Å². The van der Waals surface area contributed by atoms with Crippen LogP contribution in [0, 0.1) is 23.7 Å². The number of nitrogens with zero attached hydrogens (tertiary/aromatic N) is 1. The largest absolute Gasteiger partial charge is 0.480 e. The molecule has 0 heterocycles. The fourth-order valence-corrected chi connectivity index (χ4v) is 6.80. The van der Waals surface area contributed by atoms with E-state index in [0.717, 1.165) is 0 Å². The minimum absolute atomic E-state index is 0.0178. The van der Waals surface area contributed by atoms with E-state index in [1.807, 2.05) is 0 Å². The molecule has 0 aromatic rings. The lowest BCUT2D eigenvalue weighted by Gasteiger charge is -2.28. The van der Waals surface area contributed by atoms with Crippen molar-refractivity contribution in [2.24, 2.45) is 51.6 Å². The van der Waals surface area contributed by atoms with Gasteiger partial charge in [0, 0.05) is 13.0 Å². The van der Waals surface area contributed by atoms with Crippen LogP contribution in [0.2, 0.25) is 0 Å². The summed E-state index contributed by atoms with van der Waals surface area (Å²) in [6.45, 7) is 12.8. The van der Waals surface area contributed by atoms with Crippen LogP contribution >= 0.6 is 0 Å². The average molecular weight is 1040 g/mol. The minimum atomic E-state index is -1.65. The first kappa shape index (κ1) is 66.3. The van der Waals surface area contributed by atoms with Crippen molar-refractivity contribution in [1.29, 1.82) is 0 Å². The zero-order valence-electron chi connectivity index (χ0n) is 43.4. The molecule has 0 aromatic carbocycles. The number of hydrogen-bond donors (Lipinski definition) is 16. The van der Waals surface area contributed by atoms with E-state index in [-0.39, 0.29) is 62.9 Å². The monoisotopic (exact) mass is 1040 g/mol. The van der Waals surface area contributed by atoms with Gasteiger partial charge in [0.25, 0.3) is 0 Å². The van der Waals surface area contributed by atoms with Crippen molar-refractivity contribution in [1.82, 2.24) is 47.9 Å². The third-order valence-electron chi connectivity index (χ3n) is 11.1. The predicted molar refractivity (Wildman–Crippen MR) is 265 cm³/mol. The summed E-state index contributed by atoms with van der Waals surface area (Å²) < 4.78 is 0. The van der Waals surface area contributed by atoms with Crippen molar-refractivity contribution >= 4 is 71.0 Å². The number of aliphatic hydroxyl groups excluding tert-OH is 2. The molecule has 0 saturated heterocycles. The molecule has 0 aliphatic heterocycles. The maximum Gasteiger partial charge on any atom is 0.326 e. The SMILES string of the molecule is CC[C@H](C)[C@H](NC(=O)CNC(=O)[C@H](CC(C)C)NC(=O)[C@H](CCC(N)=O)NC(=O)CNC(=O)[C@H](CC(C)C)NC(=O)[C@@H](NC(=O)[C@@H](N)CO)C(C)C)C(=O)N[C@H](C(=O)N[C@@H](CCCN=C(N)N)C(=O)O)[C@@H](C)O. The standard InChI is InChI=1S/C45H82N14O14/c1-10-24(8)35(42(70)59-36(25(9)61)43(71)54-28(44(72)73)12-11-15-50-45(48)49)57-33(64)19-52-38(66)29(16-21(2)3)55-40(68)27(13-14-31(47)62)53-32(63)18-51-39(67)30(17-22(4)5)56-41(69)34(23(6)7)58-37(65)26(46)20-60/h21-30,34-36,60-61H,10-20,46H2,1-9H3,(H2,47,62)(H,51,67)(H,52,66)(H,53,63)(H,54,71)(H,55,68)(H,56,69)(H,57,64)(H,58,65)(H,59,70)(H,72,73)(H4,48,49,50)/t24-,25+,26-,27-,28-,29-,30-,34-,35-,36-/m0/s1. The fraction of sp³-hybridized carbons (Fsp3) is 0.733. The van der Waals surface area contributed by atoms with Crippen molar-refractivity contribution in [3.63, 3.8) is 0 Å². The molecule has 416 valence electrons. The molecule has 0 bridgehead atoms. The molecule has 0 unspecified atom stereocenters. The highest BCUT2D eigenvalue weighted by molar-refractivity contribution is 5.97. The Kier molecular flexibility index (Phi) is 30.8. The number of aliphatic carboxylic acids is 1. The van der Waals surface area contributed by atoms with Crippen LogP contribution in [0.15, 0.2) is 4.99 Å². The van der Waals surface area contributed by atoms with Crippen LogP contribution in [0.4, 0.5) is 0 Å². The number of carboxylic acids is 1. The second-order valence-corrected chi connectivity index (χ2v) is 19.0. The predicted octanol–water partition coefficient (Wildman–Crippen LogP) is -5.49. The topological polar surface area (TPSA) is 473 Å². The van der Waals surface area contributed by atoms with E-state index in [0.29, 0.717) is 6.42 Å². The van der Waals surface area contributed by atoms with E-state index in [4.69, 9.17) is 22.9 Å². The summed E-state index contributed by atoms with van der Waals surface area (Å²) in [6, 6.07) is -10.8. The van der Waals surface area contributed by atoms with E-state index in [1.165, 1.54) is 6.92 Å². The van der Waals surface area contributed by atoms with Gasteiger partial charge in [-0.2, -0.15) is 0 Å². The van der Waals surface area contributed by atoms with Gasteiger partial charge in [-0.25, -0.2) is 4.79 Å². The lowest BCUT2D eigenvalue weighted by Crippen LogP contribution is -2.60. The molecule has 0 rings (SSSR count). The van der Waals surface area contributed by atoms with Gasteiger partial charge in [0.05, 0.1) is 25.8 Å². The highest BCUT2D eigenvalue weighted by atomic mass is 16.4. The number of nitrogens with two attached hydrogens (primary N) is 4. The van der Waals surface area contributed by atoms with Crippen molar-refractivity contribution in [3.8, 4) is 0 Å². The van der Waals surface area contributed by atoms with E-state index < -0.39 is 151 Å². The molecule has 0 radical (unpaired) electrons. The third-order valence-corrected chi connectivity index (χ3v) is 11.1. The number of rotatable bonds is 35. The summed E-state index contributed by atoms with van der Waals surface area (Å²) >= 11 is 0. The first-order valence-corrected chi connectivity index (χ1v) is 24.2. The van der Waals surface area contributed by atoms with Crippen LogP contribution in [0.3, 0.4) is 0 Å². The summed E-state index contributed by atoms with van der Waals surface area (Å²) in [5.41, 5.74) is 21.5. The number of carbonyl (C=O) groups excluding carboxylic acids is 10. The molecule has 0 aromatic heterocycles. The Morgan fingerprint density at radius 3 is 1.45 bits per heavy atom. The lowest BCUT2D eigenvalue weighted by molar-refractivity contribution is -0.143. The third kappa shape index (κ3) is 26.5. The first-order chi connectivity index (χ1) is 33.9.